The summed E-state index contributed by atoms with van der Waals surface area (Å²) in [5.41, 5.74) is 0.473. The quantitative estimate of drug-likeness (QED) is 0.574. The van der Waals surface area contributed by atoms with Gasteiger partial charge in [0, 0.05) is 5.02 Å². The Kier molecular flexibility index (Phi) is 5.65. The number of carboxylic acids is 1. The van der Waals surface area contributed by atoms with E-state index in [9.17, 15) is 19.2 Å². The van der Waals surface area contributed by atoms with Crippen LogP contribution < -0.4 is 15.0 Å². The number of halogens is 1. The molecule has 4 amide bonds. The summed E-state index contributed by atoms with van der Waals surface area (Å²) in [6, 6.07) is 11.4. The van der Waals surface area contributed by atoms with Crippen LogP contribution in [0.3, 0.4) is 0 Å². The fourth-order valence-corrected chi connectivity index (χ4v) is 2.76. The molecule has 148 valence electrons. The first-order valence-corrected chi connectivity index (χ1v) is 8.80. The van der Waals surface area contributed by atoms with Crippen LogP contribution in [0.15, 0.2) is 54.1 Å². The Morgan fingerprint density at radius 3 is 2.48 bits per heavy atom. The molecule has 0 aromatic heterocycles. The summed E-state index contributed by atoms with van der Waals surface area (Å²) in [5, 5.41) is 11.3. The zero-order valence-corrected chi connectivity index (χ0v) is 15.8. The second kappa shape index (κ2) is 8.15. The fourth-order valence-electron chi connectivity index (χ4n) is 2.57. The first-order valence-electron chi connectivity index (χ1n) is 8.43. The Labute approximate surface area is 170 Å². The first kappa shape index (κ1) is 20.1. The number of carbonyl (C=O) groups is 4. The number of amides is 4. The number of hydrogen-bond donors (Lipinski definition) is 2. The van der Waals surface area contributed by atoms with Gasteiger partial charge < -0.3 is 9.84 Å². The molecule has 2 aromatic rings. The number of rotatable bonds is 5. The van der Waals surface area contributed by atoms with Gasteiger partial charge in [-0.15, -0.1) is 0 Å². The molecule has 0 aliphatic carbocycles. The topological polar surface area (TPSA) is 113 Å². The van der Waals surface area contributed by atoms with Crippen molar-refractivity contribution < 1.29 is 29.0 Å². The van der Waals surface area contributed by atoms with E-state index in [0.29, 0.717) is 16.3 Å². The molecule has 0 saturated carbocycles. The van der Waals surface area contributed by atoms with Crippen molar-refractivity contribution in [2.45, 2.75) is 13.0 Å². The molecule has 1 aliphatic rings. The van der Waals surface area contributed by atoms with Crippen LogP contribution in [0.5, 0.6) is 5.75 Å². The maximum Gasteiger partial charge on any atom is 0.344 e. The van der Waals surface area contributed by atoms with Gasteiger partial charge in [-0.1, -0.05) is 29.8 Å². The van der Waals surface area contributed by atoms with Crippen molar-refractivity contribution in [2.24, 2.45) is 0 Å². The number of urea groups is 1. The number of barbiturate groups is 1. The largest absolute Gasteiger partial charge is 0.479 e. The minimum absolute atomic E-state index is 0.227. The number of carboxylic acid groups (broad SMARTS) is 1. The zero-order valence-electron chi connectivity index (χ0n) is 15.1. The van der Waals surface area contributed by atoms with E-state index < -0.39 is 29.9 Å². The van der Waals surface area contributed by atoms with Crippen LogP contribution in [-0.4, -0.2) is 35.0 Å². The Hall–Kier alpha value is -3.65. The number of imide groups is 2. The molecule has 0 radical (unpaired) electrons. The zero-order chi connectivity index (χ0) is 21.1. The molecule has 2 aromatic carbocycles. The van der Waals surface area contributed by atoms with Gasteiger partial charge in [-0.05, 0) is 48.9 Å². The lowest BCUT2D eigenvalue weighted by Crippen LogP contribution is -2.54. The van der Waals surface area contributed by atoms with Crippen LogP contribution in [0.25, 0.3) is 6.08 Å². The van der Waals surface area contributed by atoms with Crippen LogP contribution in [0, 0.1) is 0 Å². The number of benzene rings is 2. The molecule has 1 atom stereocenters. The van der Waals surface area contributed by atoms with Crippen molar-refractivity contribution in [3.8, 4) is 5.75 Å². The minimum atomic E-state index is -1.11. The summed E-state index contributed by atoms with van der Waals surface area (Å²) in [6.07, 6.45) is 0.300. The van der Waals surface area contributed by atoms with Gasteiger partial charge in [-0.2, -0.15) is 0 Å². The van der Waals surface area contributed by atoms with Crippen molar-refractivity contribution in [3.05, 3.63) is 64.7 Å². The monoisotopic (exact) mass is 414 g/mol. The van der Waals surface area contributed by atoms with Crippen molar-refractivity contribution in [3.63, 3.8) is 0 Å². The molecule has 2 N–H and O–H groups in total. The summed E-state index contributed by atoms with van der Waals surface area (Å²) < 4.78 is 5.23. The lowest BCUT2D eigenvalue weighted by molar-refractivity contribution is -0.144. The molecule has 0 bridgehead atoms. The van der Waals surface area contributed by atoms with E-state index in [1.165, 1.54) is 37.3 Å². The summed E-state index contributed by atoms with van der Waals surface area (Å²) in [7, 11) is 0. The number of nitrogens with one attached hydrogen (secondary N) is 1. The smallest absolute Gasteiger partial charge is 0.344 e. The van der Waals surface area contributed by atoms with E-state index in [0.717, 1.165) is 4.90 Å². The minimum Gasteiger partial charge on any atom is -0.479 e. The molecule has 1 heterocycles. The first-order chi connectivity index (χ1) is 13.8. The molecule has 29 heavy (non-hydrogen) atoms. The Morgan fingerprint density at radius 2 is 1.86 bits per heavy atom. The maximum absolute atomic E-state index is 12.8. The summed E-state index contributed by atoms with van der Waals surface area (Å²) in [6.45, 7) is 1.39. The number of ether oxygens (including phenoxy) is 1. The van der Waals surface area contributed by atoms with Crippen LogP contribution in [-0.2, 0) is 14.4 Å². The number of nitrogens with zero attached hydrogens (tertiary/aromatic N) is 1. The molecule has 1 fully saturated rings. The van der Waals surface area contributed by atoms with Crippen molar-refractivity contribution in [1.82, 2.24) is 5.32 Å². The van der Waals surface area contributed by atoms with Gasteiger partial charge in [0.1, 0.15) is 11.3 Å². The Balaban J connectivity index is 1.87. The highest BCUT2D eigenvalue weighted by molar-refractivity contribution is 6.39. The SMILES string of the molecule is CC(Oc1ccc(C=C2C(=O)NC(=O)N(c3cccc(Cl)c3)C2=O)cc1)C(=O)O. The number of carbonyl (C=O) groups excluding carboxylic acids is 3. The molecule has 1 saturated heterocycles. The summed E-state index contributed by atoms with van der Waals surface area (Å²) in [5.74, 6) is -2.40. The lowest BCUT2D eigenvalue weighted by Gasteiger charge is -2.26. The predicted molar refractivity (Wildman–Crippen MR) is 105 cm³/mol. The second-order valence-corrected chi connectivity index (χ2v) is 6.54. The normalized spacial score (nSPS) is 16.6. The number of hydrogen-bond acceptors (Lipinski definition) is 5. The average molecular weight is 415 g/mol. The Morgan fingerprint density at radius 1 is 1.17 bits per heavy atom. The van der Waals surface area contributed by atoms with Gasteiger partial charge in [0.05, 0.1) is 5.69 Å². The molecule has 8 nitrogen and oxygen atoms in total. The van der Waals surface area contributed by atoms with Gasteiger partial charge in [0.15, 0.2) is 6.10 Å². The fraction of sp³-hybridized carbons (Fsp3) is 0.100. The van der Waals surface area contributed by atoms with E-state index >= 15 is 0 Å². The van der Waals surface area contributed by atoms with Crippen molar-refractivity contribution >= 4 is 47.2 Å². The molecule has 1 aliphatic heterocycles. The van der Waals surface area contributed by atoms with E-state index in [1.54, 1.807) is 24.3 Å². The molecular weight excluding hydrogens is 400 g/mol. The van der Waals surface area contributed by atoms with Crippen LogP contribution >= 0.6 is 11.6 Å². The summed E-state index contributed by atoms with van der Waals surface area (Å²) in [4.78, 5) is 48.8. The van der Waals surface area contributed by atoms with E-state index in [2.05, 4.69) is 5.32 Å². The van der Waals surface area contributed by atoms with Crippen molar-refractivity contribution in [2.75, 3.05) is 4.90 Å². The maximum atomic E-state index is 12.8. The predicted octanol–water partition coefficient (Wildman–Crippen LogP) is 2.86. The van der Waals surface area contributed by atoms with Gasteiger partial charge in [-0.3, -0.25) is 14.9 Å². The number of aliphatic carboxylic acids is 1. The average Bonchev–Trinajstić information content (AvgIpc) is 2.66. The third kappa shape index (κ3) is 4.44. The highest BCUT2D eigenvalue weighted by atomic mass is 35.5. The van der Waals surface area contributed by atoms with E-state index in [1.807, 2.05) is 0 Å². The van der Waals surface area contributed by atoms with Gasteiger partial charge in [0.25, 0.3) is 11.8 Å². The van der Waals surface area contributed by atoms with Crippen molar-refractivity contribution in [1.29, 1.82) is 0 Å². The summed E-state index contributed by atoms with van der Waals surface area (Å²) >= 11 is 5.92. The highest BCUT2D eigenvalue weighted by Crippen LogP contribution is 2.25. The molecule has 1 unspecified atom stereocenters. The third-order valence-electron chi connectivity index (χ3n) is 4.02. The van der Waals surface area contributed by atoms with E-state index in [-0.39, 0.29) is 11.3 Å². The molecule has 9 heteroatoms. The molecule has 0 spiro atoms. The Bertz CT molecular complexity index is 1030. The highest BCUT2D eigenvalue weighted by Gasteiger charge is 2.36. The second-order valence-electron chi connectivity index (χ2n) is 6.11. The van der Waals surface area contributed by atoms with Crippen LogP contribution in [0.1, 0.15) is 12.5 Å². The molecular formula is C20H15ClN2O6. The van der Waals surface area contributed by atoms with Crippen LogP contribution in [0.2, 0.25) is 5.02 Å². The third-order valence-corrected chi connectivity index (χ3v) is 4.25. The van der Waals surface area contributed by atoms with Gasteiger partial charge in [0.2, 0.25) is 0 Å². The van der Waals surface area contributed by atoms with Crippen LogP contribution in [0.4, 0.5) is 10.5 Å². The van der Waals surface area contributed by atoms with Gasteiger partial charge >= 0.3 is 12.0 Å². The van der Waals surface area contributed by atoms with E-state index in [4.69, 9.17) is 21.4 Å². The number of anilines is 1. The standard InChI is InChI=1S/C20H15ClN2O6/c1-11(19(26)27)29-15-7-5-12(6-8-15)9-16-17(24)22-20(28)23(18(16)25)14-4-2-3-13(21)10-14/h2-11H,1H3,(H,26,27)(H,22,24,28). The lowest BCUT2D eigenvalue weighted by atomic mass is 10.1. The van der Waals surface area contributed by atoms with Gasteiger partial charge in [-0.25, -0.2) is 14.5 Å². The molecule has 3 rings (SSSR count).